The van der Waals surface area contributed by atoms with Gasteiger partial charge in [-0.15, -0.1) is 11.3 Å². The molecule has 0 saturated carbocycles. The molecule has 1 heterocycles. The minimum atomic E-state index is -1.05. The summed E-state index contributed by atoms with van der Waals surface area (Å²) in [6.07, 6.45) is 0. The van der Waals surface area contributed by atoms with Crippen molar-refractivity contribution in [2.75, 3.05) is 12.4 Å². The molecule has 2 aromatic rings. The van der Waals surface area contributed by atoms with Gasteiger partial charge in [0.25, 0.3) is 5.91 Å². The summed E-state index contributed by atoms with van der Waals surface area (Å²) in [5.74, 6) is -0.758. The highest BCUT2D eigenvalue weighted by Gasteiger charge is 2.13. The molecule has 104 valence electrons. The van der Waals surface area contributed by atoms with Gasteiger partial charge in [0.15, 0.2) is 0 Å². The van der Waals surface area contributed by atoms with E-state index >= 15 is 0 Å². The molecule has 0 aliphatic rings. The topological polar surface area (TPSA) is 75.6 Å². The number of nitrogens with one attached hydrogen (secondary N) is 1. The van der Waals surface area contributed by atoms with E-state index in [4.69, 9.17) is 9.84 Å². The average Bonchev–Trinajstić information content (AvgIpc) is 2.89. The SMILES string of the molecule is COc1csc(C(=O)Nc2cc(C(=O)O)ccc2Br)c1. The molecule has 1 aromatic carbocycles. The zero-order valence-corrected chi connectivity index (χ0v) is 12.7. The van der Waals surface area contributed by atoms with Crippen LogP contribution in [0.5, 0.6) is 5.75 Å². The number of carboxylic acid groups (broad SMARTS) is 1. The maximum absolute atomic E-state index is 12.1. The Hall–Kier alpha value is -1.86. The van der Waals surface area contributed by atoms with Crippen molar-refractivity contribution in [3.8, 4) is 5.75 Å². The number of hydrogen-bond acceptors (Lipinski definition) is 4. The Bertz CT molecular complexity index is 668. The Labute approximate surface area is 127 Å². The number of hydrogen-bond donors (Lipinski definition) is 2. The third-order valence-electron chi connectivity index (χ3n) is 2.50. The van der Waals surface area contributed by atoms with Crippen LogP contribution in [0.3, 0.4) is 0 Å². The Balaban J connectivity index is 2.22. The van der Waals surface area contributed by atoms with E-state index in [1.165, 1.54) is 30.6 Å². The van der Waals surface area contributed by atoms with Gasteiger partial charge in [-0.1, -0.05) is 0 Å². The Morgan fingerprint density at radius 3 is 2.70 bits per heavy atom. The minimum absolute atomic E-state index is 0.104. The summed E-state index contributed by atoms with van der Waals surface area (Å²) < 4.78 is 5.62. The minimum Gasteiger partial charge on any atom is -0.496 e. The predicted octanol–water partition coefficient (Wildman–Crippen LogP) is 3.47. The van der Waals surface area contributed by atoms with E-state index < -0.39 is 5.97 Å². The van der Waals surface area contributed by atoms with E-state index in [0.717, 1.165) is 0 Å². The largest absolute Gasteiger partial charge is 0.496 e. The number of rotatable bonds is 4. The summed E-state index contributed by atoms with van der Waals surface area (Å²) >= 11 is 4.52. The van der Waals surface area contributed by atoms with E-state index in [1.54, 1.807) is 17.5 Å². The fraction of sp³-hybridized carbons (Fsp3) is 0.0769. The van der Waals surface area contributed by atoms with Crippen LogP contribution < -0.4 is 10.1 Å². The van der Waals surface area contributed by atoms with Gasteiger partial charge in [-0.3, -0.25) is 4.79 Å². The van der Waals surface area contributed by atoms with E-state index in [-0.39, 0.29) is 11.5 Å². The van der Waals surface area contributed by atoms with Gasteiger partial charge in [-0.25, -0.2) is 4.79 Å². The number of thiophene rings is 1. The smallest absolute Gasteiger partial charge is 0.335 e. The van der Waals surface area contributed by atoms with E-state index in [2.05, 4.69) is 21.2 Å². The van der Waals surface area contributed by atoms with Gasteiger partial charge in [0.2, 0.25) is 0 Å². The van der Waals surface area contributed by atoms with Crippen molar-refractivity contribution in [3.63, 3.8) is 0 Å². The highest BCUT2D eigenvalue weighted by Crippen LogP contribution is 2.26. The van der Waals surface area contributed by atoms with Gasteiger partial charge in [0.1, 0.15) is 5.75 Å². The molecule has 20 heavy (non-hydrogen) atoms. The van der Waals surface area contributed by atoms with E-state index in [0.29, 0.717) is 20.8 Å². The van der Waals surface area contributed by atoms with Crippen LogP contribution in [-0.4, -0.2) is 24.1 Å². The van der Waals surface area contributed by atoms with Crippen LogP contribution in [0.25, 0.3) is 0 Å². The molecule has 0 fully saturated rings. The number of ether oxygens (including phenoxy) is 1. The number of anilines is 1. The Kier molecular flexibility index (Phi) is 4.41. The summed E-state index contributed by atoms with van der Waals surface area (Å²) in [6.45, 7) is 0. The van der Waals surface area contributed by atoms with Crippen molar-refractivity contribution in [2.24, 2.45) is 0 Å². The quantitative estimate of drug-likeness (QED) is 0.880. The van der Waals surface area contributed by atoms with Crippen LogP contribution in [-0.2, 0) is 0 Å². The fourth-order valence-electron chi connectivity index (χ4n) is 1.48. The summed E-state index contributed by atoms with van der Waals surface area (Å²) in [7, 11) is 1.52. The molecule has 0 bridgehead atoms. The summed E-state index contributed by atoms with van der Waals surface area (Å²) in [5.41, 5.74) is 0.509. The highest BCUT2D eigenvalue weighted by molar-refractivity contribution is 9.10. The molecule has 0 unspecified atom stereocenters. The summed E-state index contributed by atoms with van der Waals surface area (Å²) in [4.78, 5) is 23.5. The number of carboxylic acids is 1. The van der Waals surface area contributed by atoms with E-state index in [1.807, 2.05) is 0 Å². The zero-order chi connectivity index (χ0) is 14.7. The Morgan fingerprint density at radius 1 is 1.35 bits per heavy atom. The van der Waals surface area contributed by atoms with Crippen LogP contribution in [0.2, 0.25) is 0 Å². The predicted molar refractivity (Wildman–Crippen MR) is 79.9 cm³/mol. The van der Waals surface area contributed by atoms with Crippen molar-refractivity contribution in [1.82, 2.24) is 0 Å². The number of aromatic carboxylic acids is 1. The molecule has 0 spiro atoms. The molecular formula is C13H10BrNO4S. The van der Waals surface area contributed by atoms with Crippen molar-refractivity contribution in [3.05, 3.63) is 44.6 Å². The zero-order valence-electron chi connectivity index (χ0n) is 10.3. The molecule has 0 radical (unpaired) electrons. The highest BCUT2D eigenvalue weighted by atomic mass is 79.9. The molecule has 0 aliphatic heterocycles. The lowest BCUT2D eigenvalue weighted by atomic mass is 10.2. The van der Waals surface area contributed by atoms with Crippen LogP contribution in [0.4, 0.5) is 5.69 Å². The van der Waals surface area contributed by atoms with Crippen LogP contribution in [0.15, 0.2) is 34.1 Å². The van der Waals surface area contributed by atoms with Crippen molar-refractivity contribution in [2.45, 2.75) is 0 Å². The van der Waals surface area contributed by atoms with Crippen molar-refractivity contribution < 1.29 is 19.4 Å². The second-order valence-electron chi connectivity index (χ2n) is 3.80. The first-order valence-electron chi connectivity index (χ1n) is 5.48. The van der Waals surface area contributed by atoms with Gasteiger partial charge in [-0.05, 0) is 34.1 Å². The summed E-state index contributed by atoms with van der Waals surface area (Å²) in [5, 5.41) is 13.3. The molecule has 5 nitrogen and oxygen atoms in total. The molecule has 0 saturated heterocycles. The second-order valence-corrected chi connectivity index (χ2v) is 5.57. The maximum Gasteiger partial charge on any atom is 0.335 e. The standard InChI is InChI=1S/C13H10BrNO4S/c1-19-8-5-11(20-6-8)12(16)15-10-4-7(13(17)18)2-3-9(10)14/h2-6H,1H3,(H,15,16)(H,17,18). The fourth-order valence-corrected chi connectivity index (χ4v) is 2.58. The van der Waals surface area contributed by atoms with E-state index in [9.17, 15) is 9.59 Å². The third-order valence-corrected chi connectivity index (χ3v) is 4.10. The van der Waals surface area contributed by atoms with Gasteiger partial charge in [0, 0.05) is 15.9 Å². The lowest BCUT2D eigenvalue weighted by Gasteiger charge is -2.07. The lowest BCUT2D eigenvalue weighted by Crippen LogP contribution is -2.11. The Morgan fingerprint density at radius 2 is 2.10 bits per heavy atom. The number of carbonyl (C=O) groups is 2. The maximum atomic E-state index is 12.1. The molecule has 2 rings (SSSR count). The van der Waals surface area contributed by atoms with Crippen LogP contribution >= 0.6 is 27.3 Å². The first-order chi connectivity index (χ1) is 9.51. The lowest BCUT2D eigenvalue weighted by molar-refractivity contribution is 0.0696. The number of methoxy groups -OCH3 is 1. The van der Waals surface area contributed by atoms with Gasteiger partial charge in [-0.2, -0.15) is 0 Å². The normalized spacial score (nSPS) is 10.1. The molecule has 2 N–H and O–H groups in total. The van der Waals surface area contributed by atoms with Gasteiger partial charge in [0.05, 0.1) is 23.2 Å². The molecule has 0 atom stereocenters. The molecule has 1 aromatic heterocycles. The number of halogens is 1. The summed E-state index contributed by atoms with van der Waals surface area (Å²) in [6, 6.07) is 6.05. The third kappa shape index (κ3) is 3.17. The van der Waals surface area contributed by atoms with Crippen molar-refractivity contribution in [1.29, 1.82) is 0 Å². The number of amides is 1. The van der Waals surface area contributed by atoms with Crippen LogP contribution in [0.1, 0.15) is 20.0 Å². The van der Waals surface area contributed by atoms with Crippen molar-refractivity contribution >= 4 is 44.8 Å². The first-order valence-corrected chi connectivity index (χ1v) is 7.15. The monoisotopic (exact) mass is 355 g/mol. The van der Waals surface area contributed by atoms with Gasteiger partial charge >= 0.3 is 5.97 Å². The second kappa shape index (κ2) is 6.06. The van der Waals surface area contributed by atoms with Crippen LogP contribution in [0, 0.1) is 0 Å². The number of carbonyl (C=O) groups excluding carboxylic acids is 1. The average molecular weight is 356 g/mol. The molecule has 7 heteroatoms. The molecular weight excluding hydrogens is 346 g/mol. The number of benzene rings is 1. The van der Waals surface area contributed by atoms with Gasteiger partial charge < -0.3 is 15.2 Å². The molecule has 0 aliphatic carbocycles. The molecule has 1 amide bonds. The first kappa shape index (κ1) is 14.5.